The van der Waals surface area contributed by atoms with Gasteiger partial charge in [0.2, 0.25) is 0 Å². The molecule has 0 aliphatic heterocycles. The van der Waals surface area contributed by atoms with Crippen LogP contribution in [0.2, 0.25) is 0 Å². The van der Waals surface area contributed by atoms with Crippen molar-refractivity contribution in [2.45, 2.75) is 0 Å². The first-order valence-electron chi connectivity index (χ1n) is 5.71. The number of aromatic carboxylic acids is 2. The molecule has 0 amide bonds. The van der Waals surface area contributed by atoms with E-state index in [0.717, 1.165) is 10.4 Å². The van der Waals surface area contributed by atoms with Crippen molar-refractivity contribution >= 4 is 31.8 Å². The third-order valence-electron chi connectivity index (χ3n) is 2.81. The minimum Gasteiger partial charge on any atom is -0.478 e. The van der Waals surface area contributed by atoms with Gasteiger partial charge in [0, 0.05) is 0 Å². The molecule has 0 spiro atoms. The van der Waals surface area contributed by atoms with Gasteiger partial charge >= 0.3 is 11.9 Å². The molecule has 19 heavy (non-hydrogen) atoms. The Morgan fingerprint density at radius 2 is 1.00 bits per heavy atom. The molecule has 2 aromatic rings. The van der Waals surface area contributed by atoms with Gasteiger partial charge in [-0.2, -0.15) is 0 Å². The molecule has 2 rings (SSSR count). The van der Waals surface area contributed by atoms with Crippen molar-refractivity contribution in [1.29, 1.82) is 0 Å². The van der Waals surface area contributed by atoms with Crippen LogP contribution in [-0.2, 0) is 0 Å². The molecule has 0 unspecified atom stereocenters. The number of carboxylic acids is 2. The van der Waals surface area contributed by atoms with Gasteiger partial charge in [-0.25, -0.2) is 9.59 Å². The van der Waals surface area contributed by atoms with Gasteiger partial charge in [0.15, 0.2) is 0 Å². The average Bonchev–Trinajstić information content (AvgIpc) is 2.40. The van der Waals surface area contributed by atoms with Gasteiger partial charge in [-0.05, 0) is 24.3 Å². The summed E-state index contributed by atoms with van der Waals surface area (Å²) in [6, 6.07) is 13.7. The van der Waals surface area contributed by atoms with Crippen LogP contribution in [0.4, 0.5) is 0 Å². The third-order valence-corrected chi connectivity index (χ3v) is 4.57. The summed E-state index contributed by atoms with van der Waals surface area (Å²) < 4.78 is 0. The van der Waals surface area contributed by atoms with E-state index in [1.54, 1.807) is 24.3 Å². The maximum Gasteiger partial charge on any atom is 0.335 e. The molecule has 0 aliphatic rings. The highest BCUT2D eigenvalue weighted by atomic mass is 28.2. The Bertz CT molecular complexity index is 547. The Labute approximate surface area is 112 Å². The highest BCUT2D eigenvalue weighted by Gasteiger charge is 2.04. The molecule has 0 aromatic heterocycles. The molecule has 2 N–H and O–H groups in total. The van der Waals surface area contributed by atoms with Gasteiger partial charge in [0.25, 0.3) is 0 Å². The SMILES string of the molecule is O=C(O)c1ccc([SiH2]c2ccc(C(=O)O)cc2)cc1. The molecular formula is C14H12O4Si. The maximum absolute atomic E-state index is 10.7. The van der Waals surface area contributed by atoms with E-state index in [1.165, 1.54) is 0 Å². The lowest BCUT2D eigenvalue weighted by Gasteiger charge is -2.02. The fourth-order valence-electron chi connectivity index (χ4n) is 1.77. The maximum atomic E-state index is 10.7. The van der Waals surface area contributed by atoms with Crippen LogP contribution in [0.3, 0.4) is 0 Å². The summed E-state index contributed by atoms with van der Waals surface area (Å²) >= 11 is 0. The number of benzene rings is 2. The molecule has 5 heteroatoms. The molecule has 0 saturated heterocycles. The molecule has 0 bridgehead atoms. The Kier molecular flexibility index (Phi) is 3.77. The normalized spacial score (nSPS) is 10.1. The molecule has 96 valence electrons. The van der Waals surface area contributed by atoms with E-state index in [1.807, 2.05) is 24.3 Å². The zero-order valence-corrected chi connectivity index (χ0v) is 11.5. The first-order chi connectivity index (χ1) is 9.06. The van der Waals surface area contributed by atoms with Gasteiger partial charge in [0.05, 0.1) is 20.6 Å². The first-order valence-corrected chi connectivity index (χ1v) is 7.12. The van der Waals surface area contributed by atoms with Gasteiger partial charge in [-0.3, -0.25) is 0 Å². The summed E-state index contributed by atoms with van der Waals surface area (Å²) in [7, 11) is -0.701. The molecule has 0 heterocycles. The van der Waals surface area contributed by atoms with Gasteiger partial charge in [0.1, 0.15) is 0 Å². The highest BCUT2D eigenvalue weighted by Crippen LogP contribution is 1.98. The van der Waals surface area contributed by atoms with E-state index in [4.69, 9.17) is 10.2 Å². The fraction of sp³-hybridized carbons (Fsp3) is 0. The Balaban J connectivity index is 2.12. The van der Waals surface area contributed by atoms with E-state index in [9.17, 15) is 9.59 Å². The van der Waals surface area contributed by atoms with Crippen LogP contribution in [0, 0.1) is 0 Å². The van der Waals surface area contributed by atoms with Crippen molar-refractivity contribution in [3.05, 3.63) is 59.7 Å². The summed E-state index contributed by atoms with van der Waals surface area (Å²) in [5.74, 6) is -1.86. The lowest BCUT2D eigenvalue weighted by Crippen LogP contribution is -2.27. The number of carboxylic acid groups (broad SMARTS) is 2. The minimum atomic E-state index is -0.931. The molecule has 0 radical (unpaired) electrons. The minimum absolute atomic E-state index is 0.277. The second kappa shape index (κ2) is 5.49. The summed E-state index contributed by atoms with van der Waals surface area (Å²) in [6.45, 7) is 0. The van der Waals surface area contributed by atoms with Crippen LogP contribution < -0.4 is 10.4 Å². The molecule has 0 fully saturated rings. The fourth-order valence-corrected chi connectivity index (χ4v) is 3.18. The summed E-state index contributed by atoms with van der Waals surface area (Å²) in [4.78, 5) is 21.5. The topological polar surface area (TPSA) is 74.6 Å². The van der Waals surface area contributed by atoms with Crippen molar-refractivity contribution < 1.29 is 19.8 Å². The Hall–Kier alpha value is -2.40. The smallest absolute Gasteiger partial charge is 0.335 e. The van der Waals surface area contributed by atoms with Crippen molar-refractivity contribution in [2.24, 2.45) is 0 Å². The van der Waals surface area contributed by atoms with Crippen LogP contribution >= 0.6 is 0 Å². The van der Waals surface area contributed by atoms with Crippen molar-refractivity contribution in [1.82, 2.24) is 0 Å². The Morgan fingerprint density at radius 1 is 0.684 bits per heavy atom. The zero-order valence-electron chi connectivity index (χ0n) is 10.0. The lowest BCUT2D eigenvalue weighted by molar-refractivity contribution is 0.0686. The molecular weight excluding hydrogens is 260 g/mol. The predicted molar refractivity (Wildman–Crippen MR) is 74.6 cm³/mol. The summed E-state index contributed by atoms with van der Waals surface area (Å²) in [5.41, 5.74) is 0.554. The predicted octanol–water partition coefficient (Wildman–Crippen LogP) is 0.203. The van der Waals surface area contributed by atoms with E-state index in [0.29, 0.717) is 0 Å². The number of carbonyl (C=O) groups is 2. The van der Waals surface area contributed by atoms with E-state index < -0.39 is 21.5 Å². The first kappa shape index (κ1) is 13.0. The second-order valence-corrected chi connectivity index (χ2v) is 6.17. The number of hydrogen-bond acceptors (Lipinski definition) is 2. The van der Waals surface area contributed by atoms with Crippen LogP contribution in [0.1, 0.15) is 20.7 Å². The summed E-state index contributed by atoms with van der Waals surface area (Å²) in [5, 5.41) is 19.8. The van der Waals surface area contributed by atoms with E-state index in [-0.39, 0.29) is 11.1 Å². The average molecular weight is 272 g/mol. The van der Waals surface area contributed by atoms with E-state index in [2.05, 4.69) is 0 Å². The van der Waals surface area contributed by atoms with Crippen LogP contribution in [0.15, 0.2) is 48.5 Å². The molecule has 0 saturated carbocycles. The third kappa shape index (κ3) is 3.29. The largest absolute Gasteiger partial charge is 0.478 e. The molecule has 0 aliphatic carbocycles. The lowest BCUT2D eigenvalue weighted by atomic mass is 10.2. The molecule has 0 atom stereocenters. The van der Waals surface area contributed by atoms with Gasteiger partial charge < -0.3 is 10.2 Å². The van der Waals surface area contributed by atoms with Crippen LogP contribution in [-0.4, -0.2) is 31.7 Å². The number of rotatable bonds is 4. The molecule has 2 aromatic carbocycles. The second-order valence-electron chi connectivity index (χ2n) is 4.18. The van der Waals surface area contributed by atoms with Crippen LogP contribution in [0.5, 0.6) is 0 Å². The highest BCUT2D eigenvalue weighted by molar-refractivity contribution is 6.67. The quantitative estimate of drug-likeness (QED) is 0.780. The summed E-state index contributed by atoms with van der Waals surface area (Å²) in [6.07, 6.45) is 0. The van der Waals surface area contributed by atoms with Crippen LogP contribution in [0.25, 0.3) is 0 Å². The van der Waals surface area contributed by atoms with Gasteiger partial charge in [-0.15, -0.1) is 0 Å². The van der Waals surface area contributed by atoms with Gasteiger partial charge in [-0.1, -0.05) is 34.6 Å². The Morgan fingerprint density at radius 3 is 1.26 bits per heavy atom. The standard InChI is InChI=1S/C14H12O4Si/c15-13(16)9-1-5-11(6-2-9)19-12-7-3-10(4-8-12)14(17)18/h1-8H,19H2,(H,15,16)(H,17,18). The van der Waals surface area contributed by atoms with E-state index >= 15 is 0 Å². The van der Waals surface area contributed by atoms with Crippen molar-refractivity contribution in [3.63, 3.8) is 0 Å². The zero-order chi connectivity index (χ0) is 13.8. The number of hydrogen-bond donors (Lipinski definition) is 2. The molecule has 4 nitrogen and oxygen atoms in total. The monoisotopic (exact) mass is 272 g/mol. The van der Waals surface area contributed by atoms with Crippen molar-refractivity contribution in [2.75, 3.05) is 0 Å². The van der Waals surface area contributed by atoms with Crippen molar-refractivity contribution in [3.8, 4) is 0 Å².